The van der Waals surface area contributed by atoms with Crippen LogP contribution in [0.15, 0.2) is 103 Å². The molecule has 0 bridgehead atoms. The van der Waals surface area contributed by atoms with Crippen molar-refractivity contribution < 1.29 is 88.9 Å². The molecule has 0 radical (unpaired) electrons. The number of phosphoric acid groups is 1. The van der Waals surface area contributed by atoms with Crippen molar-refractivity contribution in [3.63, 3.8) is 0 Å². The molecule has 2 unspecified atom stereocenters. The number of anilines is 9. The van der Waals surface area contributed by atoms with Gasteiger partial charge >= 0.3 is 19.8 Å². The molecule has 112 heavy (non-hydrogen) atoms. The van der Waals surface area contributed by atoms with Crippen LogP contribution in [0.2, 0.25) is 0 Å². The summed E-state index contributed by atoms with van der Waals surface area (Å²) >= 11 is 0. The number of nitrogens with one attached hydrogen (secondary N) is 5. The molecule has 2 heterocycles. The lowest BCUT2D eigenvalue weighted by Gasteiger charge is -2.21. The highest BCUT2D eigenvalue weighted by Gasteiger charge is 2.27. The fourth-order valence-corrected chi connectivity index (χ4v) is 13.7. The lowest BCUT2D eigenvalue weighted by atomic mass is 10.0. The lowest BCUT2D eigenvalue weighted by molar-refractivity contribution is -0.161. The fourth-order valence-electron chi connectivity index (χ4n) is 11.5. The number of rotatable bonds is 61. The van der Waals surface area contributed by atoms with Crippen LogP contribution in [0.25, 0.3) is 12.2 Å². The van der Waals surface area contributed by atoms with Crippen molar-refractivity contribution in [1.82, 2.24) is 35.2 Å². The van der Waals surface area contributed by atoms with Crippen LogP contribution in [-0.2, 0) is 57.7 Å². The molecule has 0 fully saturated rings. The highest BCUT2D eigenvalue weighted by atomic mass is 32.2. The number of aliphatic hydroxyl groups excluding tert-OH is 2. The van der Waals surface area contributed by atoms with Crippen molar-refractivity contribution in [1.29, 1.82) is 0 Å². The molecule has 0 aliphatic rings. The Bertz CT molecular complexity index is 3790. The van der Waals surface area contributed by atoms with Crippen LogP contribution in [0, 0.1) is 0 Å². The summed E-state index contributed by atoms with van der Waals surface area (Å²) < 4.78 is 107. The molecule has 3 aromatic carbocycles. The number of hydrogen-bond donors (Lipinski definition) is 12. The number of hydrogen-bond acceptors (Lipinski definition) is 28. The zero-order valence-electron chi connectivity index (χ0n) is 65.3. The number of aliphatic hydroxyl groups is 2. The Kier molecular flexibility index (Phi) is 50.6. The van der Waals surface area contributed by atoms with E-state index in [4.69, 9.17) is 18.5 Å². The van der Waals surface area contributed by atoms with E-state index >= 15 is 0 Å². The number of aromatic nitrogens is 6. The normalized spacial score (nSPS) is 12.2. The standard InChI is InChI=1S/C73H114N13O19PS2.2C2H4/c1-3-5-7-9-11-13-15-17-19-21-23-25-27-29-34-38-66(90)102-55-62(105-67(91)39-35-30-28-26-24-22-20-18-16-14-12-10-8-6-4-2)56-104-106(94,95)103-51-46-74-65(89)54-75-68-79-70(82-72(81-68)85(47-49-87)48-50-88)77-60-44-42-57(63(52-60)107(96,97)98)40-41-58-43-45-61(53-64(58)108(99,100)101)78-71-80-69(83-73(84-71)86(92)93)76-59-36-32-31-33-37-59;2*1-2/h31-33,36-37,40-45,52-53,62,87-88,92-93H,3-30,34-35,38-39,46-51,54-56H2,1-2H3,(H,74,89)(H,94,95)(H,96,97,98)(H,99,100,101)(H2,75,77,79,81,82)(H2,76,78,80,83,84);2*1-2H2/b41-40+;;. The Labute approximate surface area is 661 Å². The first kappa shape index (κ1) is 98.1. The minimum absolute atomic E-state index is 0.0232. The first-order valence-corrected chi connectivity index (χ1v) is 43.3. The van der Waals surface area contributed by atoms with Gasteiger partial charge in [-0.1, -0.05) is 241 Å². The van der Waals surface area contributed by atoms with Crippen LogP contribution in [0.3, 0.4) is 0 Å². The number of unbranched alkanes of at least 4 members (excludes halogenated alkanes) is 28. The van der Waals surface area contributed by atoms with Gasteiger partial charge in [0.25, 0.3) is 26.2 Å². The van der Waals surface area contributed by atoms with Crippen molar-refractivity contribution in [2.75, 3.05) is 90.6 Å². The van der Waals surface area contributed by atoms with Crippen LogP contribution < -0.4 is 36.7 Å². The number of para-hydroxylation sites is 1. The fraction of sp³-hybridized carbons (Fsp3) is 0.571. The van der Waals surface area contributed by atoms with E-state index in [0.29, 0.717) is 18.5 Å². The predicted octanol–water partition coefficient (Wildman–Crippen LogP) is 15.6. The largest absolute Gasteiger partial charge is 0.472 e. The van der Waals surface area contributed by atoms with E-state index in [2.05, 4.69) is 96.7 Å². The molecule has 1 amide bonds. The highest BCUT2D eigenvalue weighted by molar-refractivity contribution is 7.86. The summed E-state index contributed by atoms with van der Waals surface area (Å²) in [5, 5.41) is 52.3. The summed E-state index contributed by atoms with van der Waals surface area (Å²) in [6.45, 7) is 13.0. The molecule has 0 spiro atoms. The second kappa shape index (κ2) is 57.8. The summed E-state index contributed by atoms with van der Waals surface area (Å²) in [7, 11) is -14.9. The Morgan fingerprint density at radius 3 is 1.32 bits per heavy atom. The Hall–Kier alpha value is -8.12. The van der Waals surface area contributed by atoms with E-state index in [1.165, 1.54) is 158 Å². The topological polar surface area (TPSA) is 459 Å². The summed E-state index contributed by atoms with van der Waals surface area (Å²) in [4.78, 5) is 74.7. The lowest BCUT2D eigenvalue weighted by Crippen LogP contribution is -2.34. The van der Waals surface area contributed by atoms with E-state index in [1.807, 2.05) is 0 Å². The SMILES string of the molecule is C=C.C=C.CCCCCCCCCCCCCCCCCC(=O)OCC(COP(=O)(O)OCCNC(=O)CNc1nc(Nc2ccc(/C=C/c3ccc(Nc4nc(Nc5ccccc5)nc(N(O)O)n4)cc3S(=O)(=O)O)c(S(=O)(=O)O)c2)nc(N(CCO)CCO)n1)OC(=O)CCCCCCCCCCCCCCCCC. The van der Waals surface area contributed by atoms with E-state index in [-0.39, 0.29) is 89.9 Å². The van der Waals surface area contributed by atoms with Crippen LogP contribution in [0.1, 0.15) is 230 Å². The minimum atomic E-state index is -5.06. The van der Waals surface area contributed by atoms with Crippen LogP contribution in [-0.4, -0.2) is 165 Å². The Morgan fingerprint density at radius 2 is 0.902 bits per heavy atom. The van der Waals surface area contributed by atoms with Gasteiger partial charge in [0.2, 0.25) is 35.6 Å². The van der Waals surface area contributed by atoms with Crippen molar-refractivity contribution in [2.45, 2.75) is 235 Å². The maximum absolute atomic E-state index is 13.2. The van der Waals surface area contributed by atoms with Crippen LogP contribution in [0.4, 0.5) is 52.8 Å². The Balaban J connectivity index is 0.00000799. The third-order valence-corrected chi connectivity index (χ3v) is 20.0. The molecule has 0 saturated heterocycles. The maximum atomic E-state index is 13.2. The molecule has 32 nitrogen and oxygen atoms in total. The zero-order valence-corrected chi connectivity index (χ0v) is 67.8. The quantitative estimate of drug-likeness (QED) is 0.00327. The van der Waals surface area contributed by atoms with Crippen LogP contribution in [0.5, 0.6) is 0 Å². The molecule has 2 atom stereocenters. The van der Waals surface area contributed by atoms with Gasteiger partial charge in [0.1, 0.15) is 16.4 Å². The number of carbonyl (C=O) groups is 3. The summed E-state index contributed by atoms with van der Waals surface area (Å²) in [6, 6.07) is 15.7. The number of benzene rings is 3. The smallest absolute Gasteiger partial charge is 0.462 e. The van der Waals surface area contributed by atoms with Gasteiger partial charge in [-0.25, -0.2) is 4.57 Å². The molecule has 12 N–H and O–H groups in total. The molecule has 35 heteroatoms. The molecule has 2 aromatic heterocycles. The number of esters is 2. The average molecular weight is 1630 g/mol. The number of ether oxygens (including phenoxy) is 2. The first-order valence-electron chi connectivity index (χ1n) is 38.9. The summed E-state index contributed by atoms with van der Waals surface area (Å²) in [5.74, 6) is -3.51. The number of amides is 1. The van der Waals surface area contributed by atoms with E-state index in [9.17, 15) is 70.4 Å². The Morgan fingerprint density at radius 1 is 0.509 bits per heavy atom. The second-order valence-corrected chi connectivity index (χ2v) is 30.5. The van der Waals surface area contributed by atoms with Crippen LogP contribution >= 0.6 is 7.82 Å². The van der Waals surface area contributed by atoms with Gasteiger partial charge in [-0.15, -0.1) is 26.3 Å². The van der Waals surface area contributed by atoms with E-state index in [0.717, 1.165) is 75.7 Å². The molecule has 0 aliphatic heterocycles. The molecule has 626 valence electrons. The van der Waals surface area contributed by atoms with Crippen molar-refractivity contribution in [3.8, 4) is 0 Å². The second-order valence-electron chi connectivity index (χ2n) is 26.3. The van der Waals surface area contributed by atoms with Crippen molar-refractivity contribution in [3.05, 3.63) is 104 Å². The first-order chi connectivity index (χ1) is 54.0. The van der Waals surface area contributed by atoms with Crippen molar-refractivity contribution >= 4 is 111 Å². The monoisotopic (exact) mass is 1630 g/mol. The average Bonchev–Trinajstić information content (AvgIpc) is 0.800. The summed E-state index contributed by atoms with van der Waals surface area (Å²) in [6.07, 6.45) is 36.4. The van der Waals surface area contributed by atoms with E-state index < -0.39 is 107 Å². The third-order valence-electron chi connectivity index (χ3n) is 17.2. The van der Waals surface area contributed by atoms with Gasteiger partial charge in [0.15, 0.2) is 6.10 Å². The minimum Gasteiger partial charge on any atom is -0.462 e. The molecule has 0 aliphatic carbocycles. The summed E-state index contributed by atoms with van der Waals surface area (Å²) in [5.41, 5.74) is 0.113. The van der Waals surface area contributed by atoms with Gasteiger partial charge in [-0.05, 0) is 60.4 Å². The van der Waals surface area contributed by atoms with Gasteiger partial charge in [-0.3, -0.25) is 43.0 Å². The zero-order chi connectivity index (χ0) is 82.3. The van der Waals surface area contributed by atoms with Gasteiger partial charge in [-0.2, -0.15) is 46.7 Å². The molecular formula is C77H122N13O19PS2. The predicted molar refractivity (Wildman–Crippen MR) is 435 cm³/mol. The number of carbonyl (C=O) groups excluding carboxylic acids is 3. The van der Waals surface area contributed by atoms with Gasteiger partial charge in [0.05, 0.1) is 33.0 Å². The molecule has 5 rings (SSSR count). The van der Waals surface area contributed by atoms with E-state index in [1.54, 1.807) is 30.3 Å². The molecule has 5 aromatic rings. The molecular weight excluding hydrogens is 1510 g/mol. The van der Waals surface area contributed by atoms with Crippen molar-refractivity contribution in [2.24, 2.45) is 0 Å². The van der Waals surface area contributed by atoms with Gasteiger partial charge in [0, 0.05) is 49.5 Å². The van der Waals surface area contributed by atoms with Gasteiger partial charge < -0.3 is 56.1 Å². The molecule has 0 saturated carbocycles. The third kappa shape index (κ3) is 43.2. The highest BCUT2D eigenvalue weighted by Crippen LogP contribution is 2.43. The number of nitrogens with zero attached hydrogens (tertiary/aromatic N) is 8. The number of phosphoric ester groups is 1. The maximum Gasteiger partial charge on any atom is 0.472 e.